The summed E-state index contributed by atoms with van der Waals surface area (Å²) in [5, 5.41) is 13.6. The molecule has 0 aliphatic carbocycles. The van der Waals surface area contributed by atoms with Crippen LogP contribution in [0.5, 0.6) is 0 Å². The molecule has 0 atom stereocenters. The number of amides is 1. The topological polar surface area (TPSA) is 114 Å². The number of nitrogens with one attached hydrogen (secondary N) is 2. The van der Waals surface area contributed by atoms with Crippen LogP contribution in [0.25, 0.3) is 0 Å². The number of nitrogens with zero attached hydrogens (tertiary/aromatic N) is 2. The van der Waals surface area contributed by atoms with Crippen molar-refractivity contribution in [2.45, 2.75) is 13.0 Å². The van der Waals surface area contributed by atoms with Crippen molar-refractivity contribution in [2.75, 3.05) is 25.1 Å². The second-order valence-electron chi connectivity index (χ2n) is 4.67. The molecular weight excluding hydrogens is 262 g/mol. The van der Waals surface area contributed by atoms with Crippen LogP contribution in [0.15, 0.2) is 18.2 Å². The number of nitrogens with two attached hydrogens (primary N) is 1. The number of nitrogen functional groups attached to an aromatic ring is 1. The van der Waals surface area contributed by atoms with Gasteiger partial charge < -0.3 is 10.7 Å². The molecule has 0 unspecified atom stereocenters. The molecule has 1 heterocycles. The number of rotatable bonds is 4. The maximum absolute atomic E-state index is 11.5. The van der Waals surface area contributed by atoms with Crippen LogP contribution in [0, 0.1) is 10.1 Å². The van der Waals surface area contributed by atoms with E-state index in [2.05, 4.69) is 10.7 Å². The van der Waals surface area contributed by atoms with E-state index < -0.39 is 4.92 Å². The lowest BCUT2D eigenvalue weighted by molar-refractivity contribution is -0.384. The van der Waals surface area contributed by atoms with Crippen LogP contribution in [0.1, 0.15) is 12.0 Å². The van der Waals surface area contributed by atoms with Gasteiger partial charge in [0.2, 0.25) is 5.91 Å². The van der Waals surface area contributed by atoms with Crippen molar-refractivity contribution in [1.29, 1.82) is 0 Å². The van der Waals surface area contributed by atoms with Crippen LogP contribution in [-0.4, -0.2) is 35.4 Å². The summed E-state index contributed by atoms with van der Waals surface area (Å²) in [4.78, 5) is 23.8. The molecule has 1 saturated heterocycles. The van der Waals surface area contributed by atoms with Crippen molar-refractivity contribution in [3.8, 4) is 0 Å². The maximum Gasteiger partial charge on any atom is 0.293 e. The summed E-state index contributed by atoms with van der Waals surface area (Å²) in [5.74, 6) is 5.31. The first-order valence-electron chi connectivity index (χ1n) is 6.33. The highest BCUT2D eigenvalue weighted by atomic mass is 16.6. The summed E-state index contributed by atoms with van der Waals surface area (Å²) < 4.78 is 0. The first kappa shape index (κ1) is 14.2. The molecule has 1 aromatic rings. The molecular formula is C12H17N5O3. The Balaban J connectivity index is 2.12. The minimum atomic E-state index is -0.488. The average Bonchev–Trinajstić information content (AvgIpc) is 2.62. The summed E-state index contributed by atoms with van der Waals surface area (Å²) in [6, 6.07) is 4.74. The van der Waals surface area contributed by atoms with E-state index in [1.165, 1.54) is 6.07 Å². The number of anilines is 1. The van der Waals surface area contributed by atoms with Crippen LogP contribution in [0.2, 0.25) is 0 Å². The van der Waals surface area contributed by atoms with E-state index in [1.54, 1.807) is 12.1 Å². The zero-order valence-electron chi connectivity index (χ0n) is 11.0. The van der Waals surface area contributed by atoms with E-state index in [9.17, 15) is 14.9 Å². The Morgan fingerprint density at radius 2 is 2.30 bits per heavy atom. The SMILES string of the molecule is NNc1cc(CN2CCCNC(=O)C2)ccc1[N+](=O)[O-]. The predicted octanol–water partition coefficient (Wildman–Crippen LogP) is 0.202. The zero-order valence-corrected chi connectivity index (χ0v) is 11.0. The summed E-state index contributed by atoms with van der Waals surface area (Å²) in [7, 11) is 0. The highest BCUT2D eigenvalue weighted by Gasteiger charge is 2.17. The van der Waals surface area contributed by atoms with E-state index in [0.29, 0.717) is 19.6 Å². The van der Waals surface area contributed by atoms with Gasteiger partial charge in [0, 0.05) is 25.7 Å². The number of hydrogen-bond acceptors (Lipinski definition) is 6. The van der Waals surface area contributed by atoms with Crippen LogP contribution in [0.4, 0.5) is 11.4 Å². The standard InChI is InChI=1S/C12H17N5O3/c13-15-10-6-9(2-3-11(10)17(19)20)7-16-5-1-4-14-12(18)8-16/h2-3,6,15H,1,4-5,7-8,13H2,(H,14,18). The third-order valence-electron chi connectivity index (χ3n) is 3.16. The number of hydrazine groups is 1. The van der Waals surface area contributed by atoms with Crippen molar-refractivity contribution < 1.29 is 9.72 Å². The largest absolute Gasteiger partial charge is 0.355 e. The molecule has 0 radical (unpaired) electrons. The van der Waals surface area contributed by atoms with Gasteiger partial charge in [-0.25, -0.2) is 0 Å². The van der Waals surface area contributed by atoms with Gasteiger partial charge in [0.25, 0.3) is 5.69 Å². The number of nitro benzene ring substituents is 1. The molecule has 8 heteroatoms. The van der Waals surface area contributed by atoms with Crippen molar-refractivity contribution in [3.05, 3.63) is 33.9 Å². The van der Waals surface area contributed by atoms with Crippen LogP contribution in [0.3, 0.4) is 0 Å². The highest BCUT2D eigenvalue weighted by molar-refractivity contribution is 5.78. The molecule has 1 aliphatic heterocycles. The number of carbonyl (C=O) groups excluding carboxylic acids is 1. The Labute approximate surface area is 116 Å². The summed E-state index contributed by atoms with van der Waals surface area (Å²) in [5.41, 5.74) is 3.41. The van der Waals surface area contributed by atoms with Gasteiger partial charge in [-0.15, -0.1) is 0 Å². The summed E-state index contributed by atoms with van der Waals surface area (Å²) in [6.07, 6.45) is 0.890. The quantitative estimate of drug-likeness (QED) is 0.412. The lowest BCUT2D eigenvalue weighted by Gasteiger charge is -2.18. The molecule has 1 aromatic carbocycles. The van der Waals surface area contributed by atoms with Crippen LogP contribution >= 0.6 is 0 Å². The molecule has 1 fully saturated rings. The van der Waals surface area contributed by atoms with Crippen molar-refractivity contribution in [2.24, 2.45) is 5.84 Å². The Kier molecular flexibility index (Phi) is 4.49. The number of hydrogen-bond donors (Lipinski definition) is 3. The Morgan fingerprint density at radius 3 is 3.00 bits per heavy atom. The highest BCUT2D eigenvalue weighted by Crippen LogP contribution is 2.25. The lowest BCUT2D eigenvalue weighted by Crippen LogP contribution is -2.32. The van der Waals surface area contributed by atoms with Gasteiger partial charge in [0.1, 0.15) is 5.69 Å². The predicted molar refractivity (Wildman–Crippen MR) is 73.8 cm³/mol. The molecule has 20 heavy (non-hydrogen) atoms. The summed E-state index contributed by atoms with van der Waals surface area (Å²) >= 11 is 0. The van der Waals surface area contributed by atoms with Gasteiger partial charge in [-0.05, 0) is 18.1 Å². The third-order valence-corrected chi connectivity index (χ3v) is 3.16. The van der Waals surface area contributed by atoms with E-state index in [4.69, 9.17) is 5.84 Å². The molecule has 1 aliphatic rings. The fourth-order valence-corrected chi connectivity index (χ4v) is 2.22. The fourth-order valence-electron chi connectivity index (χ4n) is 2.22. The lowest BCUT2D eigenvalue weighted by atomic mass is 10.1. The maximum atomic E-state index is 11.5. The zero-order chi connectivity index (χ0) is 14.5. The van der Waals surface area contributed by atoms with E-state index in [-0.39, 0.29) is 17.3 Å². The number of nitro groups is 1. The fraction of sp³-hybridized carbons (Fsp3) is 0.417. The smallest absolute Gasteiger partial charge is 0.293 e. The molecule has 108 valence electrons. The van der Waals surface area contributed by atoms with Crippen molar-refractivity contribution >= 4 is 17.3 Å². The monoisotopic (exact) mass is 279 g/mol. The minimum Gasteiger partial charge on any atom is -0.355 e. The Morgan fingerprint density at radius 1 is 1.50 bits per heavy atom. The van der Waals surface area contributed by atoms with Crippen LogP contribution < -0.4 is 16.6 Å². The molecule has 8 nitrogen and oxygen atoms in total. The molecule has 1 amide bonds. The van der Waals surface area contributed by atoms with Gasteiger partial charge >= 0.3 is 0 Å². The molecule has 0 aromatic heterocycles. The second kappa shape index (κ2) is 6.31. The number of carbonyl (C=O) groups is 1. The first-order valence-corrected chi connectivity index (χ1v) is 6.33. The van der Waals surface area contributed by atoms with E-state index >= 15 is 0 Å². The number of benzene rings is 1. The normalized spacial score (nSPS) is 16.4. The van der Waals surface area contributed by atoms with Crippen molar-refractivity contribution in [3.63, 3.8) is 0 Å². The van der Waals surface area contributed by atoms with Gasteiger partial charge in [0.15, 0.2) is 0 Å². The van der Waals surface area contributed by atoms with Crippen molar-refractivity contribution in [1.82, 2.24) is 10.2 Å². The molecule has 4 N–H and O–H groups in total. The Hall–Kier alpha value is -2.19. The molecule has 0 spiro atoms. The Bertz CT molecular complexity index is 520. The first-order chi connectivity index (χ1) is 9.60. The van der Waals surface area contributed by atoms with Gasteiger partial charge in [-0.3, -0.25) is 25.7 Å². The van der Waals surface area contributed by atoms with Crippen LogP contribution in [-0.2, 0) is 11.3 Å². The molecule has 0 bridgehead atoms. The molecule has 2 rings (SSSR count). The summed E-state index contributed by atoms with van der Waals surface area (Å²) in [6.45, 7) is 2.38. The molecule has 0 saturated carbocycles. The van der Waals surface area contributed by atoms with E-state index in [1.807, 2.05) is 4.90 Å². The van der Waals surface area contributed by atoms with E-state index in [0.717, 1.165) is 18.5 Å². The van der Waals surface area contributed by atoms with Gasteiger partial charge in [-0.2, -0.15) is 0 Å². The third kappa shape index (κ3) is 3.43. The van der Waals surface area contributed by atoms with Gasteiger partial charge in [-0.1, -0.05) is 6.07 Å². The minimum absolute atomic E-state index is 0.00147. The van der Waals surface area contributed by atoms with Gasteiger partial charge in [0.05, 0.1) is 11.5 Å². The second-order valence-corrected chi connectivity index (χ2v) is 4.67. The average molecular weight is 279 g/mol.